The van der Waals surface area contributed by atoms with E-state index >= 15 is 0 Å². The highest BCUT2D eigenvalue weighted by Crippen LogP contribution is 2.24. The molecular formula is C15H21F2NO2. The van der Waals surface area contributed by atoms with Crippen LogP contribution in [-0.2, 0) is 0 Å². The Morgan fingerprint density at radius 3 is 2.70 bits per heavy atom. The predicted molar refractivity (Wildman–Crippen MR) is 72.2 cm³/mol. The zero-order chi connectivity index (χ0) is 14.5. The lowest BCUT2D eigenvalue weighted by molar-refractivity contribution is 0.0668. The van der Waals surface area contributed by atoms with Gasteiger partial charge < -0.3 is 15.5 Å². The first kappa shape index (κ1) is 15.4. The van der Waals surface area contributed by atoms with Crippen LogP contribution in [0.25, 0.3) is 0 Å². The van der Waals surface area contributed by atoms with Crippen molar-refractivity contribution in [3.05, 3.63) is 35.4 Å². The maximum atomic E-state index is 13.5. The molecule has 3 N–H and O–H groups in total. The van der Waals surface area contributed by atoms with Gasteiger partial charge in [0.25, 0.3) is 0 Å². The third kappa shape index (κ3) is 3.98. The van der Waals surface area contributed by atoms with Crippen LogP contribution in [0.3, 0.4) is 0 Å². The number of rotatable bonds is 5. The summed E-state index contributed by atoms with van der Waals surface area (Å²) in [5, 5.41) is 22.8. The standard InChI is InChI=1S/C15H21F2NO2/c16-11-5-6-12(13(17)7-11)15(20)9-18-8-10-3-1-2-4-14(10)19/h5-7,10,14-15,18-20H,1-4,8-9H2. The van der Waals surface area contributed by atoms with Crippen molar-refractivity contribution in [2.45, 2.75) is 37.9 Å². The van der Waals surface area contributed by atoms with Crippen molar-refractivity contribution in [2.24, 2.45) is 5.92 Å². The third-order valence-corrected chi connectivity index (χ3v) is 3.93. The summed E-state index contributed by atoms with van der Waals surface area (Å²) < 4.78 is 26.3. The fraction of sp³-hybridized carbons (Fsp3) is 0.600. The molecule has 1 saturated carbocycles. The first-order chi connectivity index (χ1) is 9.58. The molecule has 1 aromatic carbocycles. The van der Waals surface area contributed by atoms with E-state index in [9.17, 15) is 19.0 Å². The van der Waals surface area contributed by atoms with E-state index in [2.05, 4.69) is 5.32 Å². The molecular weight excluding hydrogens is 264 g/mol. The van der Waals surface area contributed by atoms with E-state index in [1.54, 1.807) is 0 Å². The maximum Gasteiger partial charge on any atom is 0.131 e. The van der Waals surface area contributed by atoms with E-state index in [4.69, 9.17) is 0 Å². The number of aliphatic hydroxyl groups excluding tert-OH is 2. The van der Waals surface area contributed by atoms with Gasteiger partial charge in [0.05, 0.1) is 12.2 Å². The molecule has 0 aliphatic heterocycles. The highest BCUT2D eigenvalue weighted by molar-refractivity contribution is 5.21. The van der Waals surface area contributed by atoms with Crippen molar-refractivity contribution in [3.8, 4) is 0 Å². The smallest absolute Gasteiger partial charge is 0.131 e. The Morgan fingerprint density at radius 2 is 2.00 bits per heavy atom. The van der Waals surface area contributed by atoms with Crippen LogP contribution in [0.2, 0.25) is 0 Å². The van der Waals surface area contributed by atoms with Crippen LogP contribution in [0.4, 0.5) is 8.78 Å². The Hall–Kier alpha value is -1.04. The van der Waals surface area contributed by atoms with Crippen LogP contribution in [0, 0.1) is 17.6 Å². The molecule has 20 heavy (non-hydrogen) atoms. The molecule has 0 amide bonds. The molecule has 3 atom stereocenters. The minimum atomic E-state index is -1.02. The molecule has 5 heteroatoms. The zero-order valence-electron chi connectivity index (χ0n) is 11.4. The minimum absolute atomic E-state index is 0.0862. The fourth-order valence-electron chi connectivity index (χ4n) is 2.71. The van der Waals surface area contributed by atoms with Crippen LogP contribution in [0.1, 0.15) is 37.4 Å². The minimum Gasteiger partial charge on any atom is -0.393 e. The Morgan fingerprint density at radius 1 is 1.25 bits per heavy atom. The molecule has 0 bridgehead atoms. The summed E-state index contributed by atoms with van der Waals surface area (Å²) in [7, 11) is 0. The Balaban J connectivity index is 1.81. The van der Waals surface area contributed by atoms with E-state index in [0.717, 1.165) is 37.8 Å². The van der Waals surface area contributed by atoms with Gasteiger partial charge in [0.2, 0.25) is 0 Å². The molecule has 0 aromatic heterocycles. The van der Waals surface area contributed by atoms with E-state index in [1.807, 2.05) is 0 Å². The topological polar surface area (TPSA) is 52.5 Å². The summed E-state index contributed by atoms with van der Waals surface area (Å²) in [6, 6.07) is 3.16. The molecule has 1 aliphatic rings. The molecule has 0 spiro atoms. The van der Waals surface area contributed by atoms with Crippen LogP contribution >= 0.6 is 0 Å². The zero-order valence-corrected chi connectivity index (χ0v) is 11.4. The third-order valence-electron chi connectivity index (χ3n) is 3.93. The predicted octanol–water partition coefficient (Wildman–Crippen LogP) is 2.14. The van der Waals surface area contributed by atoms with Gasteiger partial charge >= 0.3 is 0 Å². The van der Waals surface area contributed by atoms with E-state index in [1.165, 1.54) is 6.07 Å². The lowest BCUT2D eigenvalue weighted by atomic mass is 9.86. The van der Waals surface area contributed by atoms with Crippen molar-refractivity contribution in [1.82, 2.24) is 5.32 Å². The number of hydrogen-bond donors (Lipinski definition) is 3. The molecule has 2 rings (SSSR count). The van der Waals surface area contributed by atoms with E-state index in [0.29, 0.717) is 6.54 Å². The molecule has 0 radical (unpaired) electrons. The molecule has 0 saturated heterocycles. The number of benzene rings is 1. The van der Waals surface area contributed by atoms with E-state index in [-0.39, 0.29) is 24.1 Å². The number of aliphatic hydroxyl groups is 2. The van der Waals surface area contributed by atoms with E-state index < -0.39 is 17.7 Å². The lowest BCUT2D eigenvalue weighted by Gasteiger charge is -2.28. The van der Waals surface area contributed by atoms with Gasteiger partial charge in [-0.25, -0.2) is 8.78 Å². The second-order valence-electron chi connectivity index (χ2n) is 5.45. The molecule has 0 heterocycles. The van der Waals surface area contributed by atoms with Gasteiger partial charge in [0.1, 0.15) is 11.6 Å². The van der Waals surface area contributed by atoms with Crippen molar-refractivity contribution >= 4 is 0 Å². The highest BCUT2D eigenvalue weighted by atomic mass is 19.1. The van der Waals surface area contributed by atoms with Gasteiger partial charge in [-0.15, -0.1) is 0 Å². The molecule has 3 nitrogen and oxygen atoms in total. The van der Waals surface area contributed by atoms with Gasteiger partial charge in [0.15, 0.2) is 0 Å². The van der Waals surface area contributed by atoms with Crippen molar-refractivity contribution < 1.29 is 19.0 Å². The molecule has 3 unspecified atom stereocenters. The summed E-state index contributed by atoms with van der Waals surface area (Å²) in [6.07, 6.45) is 2.64. The lowest BCUT2D eigenvalue weighted by Crippen LogP contribution is -2.35. The summed E-state index contributed by atoms with van der Waals surface area (Å²) in [5.41, 5.74) is 0.0862. The second-order valence-corrected chi connectivity index (χ2v) is 5.45. The largest absolute Gasteiger partial charge is 0.393 e. The van der Waals surface area contributed by atoms with Gasteiger partial charge in [-0.1, -0.05) is 18.9 Å². The second kappa shape index (κ2) is 7.11. The summed E-state index contributed by atoms with van der Waals surface area (Å²) >= 11 is 0. The van der Waals surface area contributed by atoms with Crippen molar-refractivity contribution in [1.29, 1.82) is 0 Å². The molecule has 1 aromatic rings. The number of halogens is 2. The van der Waals surface area contributed by atoms with Crippen LogP contribution in [0.15, 0.2) is 18.2 Å². The Kier molecular flexibility index (Phi) is 5.46. The van der Waals surface area contributed by atoms with Crippen molar-refractivity contribution in [3.63, 3.8) is 0 Å². The monoisotopic (exact) mass is 285 g/mol. The first-order valence-electron chi connectivity index (χ1n) is 7.09. The normalized spacial score (nSPS) is 24.6. The van der Waals surface area contributed by atoms with Gasteiger partial charge in [-0.2, -0.15) is 0 Å². The average molecular weight is 285 g/mol. The summed E-state index contributed by atoms with van der Waals surface area (Å²) in [5.74, 6) is -1.21. The quantitative estimate of drug-likeness (QED) is 0.777. The summed E-state index contributed by atoms with van der Waals surface area (Å²) in [4.78, 5) is 0. The first-order valence-corrected chi connectivity index (χ1v) is 7.09. The van der Waals surface area contributed by atoms with Crippen LogP contribution in [0.5, 0.6) is 0 Å². The SMILES string of the molecule is OC(CNCC1CCCCC1O)c1ccc(F)cc1F. The van der Waals surface area contributed by atoms with Crippen LogP contribution < -0.4 is 5.32 Å². The van der Waals surface area contributed by atoms with Gasteiger partial charge in [-0.3, -0.25) is 0 Å². The van der Waals surface area contributed by atoms with Gasteiger partial charge in [0, 0.05) is 24.7 Å². The van der Waals surface area contributed by atoms with Crippen LogP contribution in [-0.4, -0.2) is 29.4 Å². The van der Waals surface area contributed by atoms with Crippen molar-refractivity contribution in [2.75, 3.05) is 13.1 Å². The number of hydrogen-bond acceptors (Lipinski definition) is 3. The number of nitrogens with one attached hydrogen (secondary N) is 1. The molecule has 1 fully saturated rings. The molecule has 1 aliphatic carbocycles. The maximum absolute atomic E-state index is 13.5. The molecule has 112 valence electrons. The average Bonchev–Trinajstić information content (AvgIpc) is 2.40. The summed E-state index contributed by atoms with van der Waals surface area (Å²) in [6.45, 7) is 0.785. The Labute approximate surface area is 117 Å². The Bertz CT molecular complexity index is 442. The fourth-order valence-corrected chi connectivity index (χ4v) is 2.71. The van der Waals surface area contributed by atoms with Gasteiger partial charge in [-0.05, 0) is 24.8 Å². The highest BCUT2D eigenvalue weighted by Gasteiger charge is 2.23.